The molecule has 1 aromatic heterocycles. The summed E-state index contributed by atoms with van der Waals surface area (Å²) in [5, 5.41) is 10.7. The molecule has 0 amide bonds. The molecular formula is C15H17NO3. The molecule has 0 saturated heterocycles. The quantitative estimate of drug-likeness (QED) is 0.894. The molecule has 1 aromatic carbocycles. The molecule has 4 nitrogen and oxygen atoms in total. The number of nitrogens with zero attached hydrogens (tertiary/aromatic N) is 1. The molecule has 2 aromatic rings. The minimum atomic E-state index is -1.04. The second-order valence-corrected chi connectivity index (χ2v) is 4.87. The van der Waals surface area contributed by atoms with E-state index in [1.165, 1.54) is 0 Å². The van der Waals surface area contributed by atoms with Gasteiger partial charge in [0.2, 0.25) is 5.88 Å². The predicted octanol–water partition coefficient (Wildman–Crippen LogP) is 3.36. The highest BCUT2D eigenvalue weighted by Gasteiger charge is 2.11. The van der Waals surface area contributed by atoms with Crippen molar-refractivity contribution in [1.29, 1.82) is 0 Å². The van der Waals surface area contributed by atoms with Crippen molar-refractivity contribution in [3.8, 4) is 5.88 Å². The molecule has 0 spiro atoms. The van der Waals surface area contributed by atoms with Gasteiger partial charge in [0.25, 0.3) is 0 Å². The van der Waals surface area contributed by atoms with E-state index < -0.39 is 5.97 Å². The zero-order valence-electron chi connectivity index (χ0n) is 11.1. The van der Waals surface area contributed by atoms with Crippen LogP contribution < -0.4 is 4.74 Å². The van der Waals surface area contributed by atoms with Crippen LogP contribution in [0.3, 0.4) is 0 Å². The molecular weight excluding hydrogens is 242 g/mol. The lowest BCUT2D eigenvalue weighted by Crippen LogP contribution is -2.06. The zero-order chi connectivity index (χ0) is 13.8. The third-order valence-electron chi connectivity index (χ3n) is 2.86. The van der Waals surface area contributed by atoms with Crippen LogP contribution in [0.2, 0.25) is 0 Å². The summed E-state index contributed by atoms with van der Waals surface area (Å²) in [5.74, 6) is -0.107. The summed E-state index contributed by atoms with van der Waals surface area (Å²) in [6, 6.07) is 9.07. The van der Waals surface area contributed by atoms with E-state index in [2.05, 4.69) is 18.8 Å². The zero-order valence-corrected chi connectivity index (χ0v) is 11.1. The number of pyridine rings is 1. The summed E-state index contributed by atoms with van der Waals surface area (Å²) in [4.78, 5) is 15.1. The molecule has 100 valence electrons. The minimum absolute atomic E-state index is 0.0123. The number of aromatic carboxylic acids is 1. The first-order valence-electron chi connectivity index (χ1n) is 6.34. The van der Waals surface area contributed by atoms with Gasteiger partial charge in [0.15, 0.2) is 5.69 Å². The lowest BCUT2D eigenvalue weighted by atomic mass is 10.1. The Morgan fingerprint density at radius 2 is 2.11 bits per heavy atom. The van der Waals surface area contributed by atoms with Crippen LogP contribution >= 0.6 is 0 Å². The van der Waals surface area contributed by atoms with E-state index in [0.29, 0.717) is 18.4 Å². The van der Waals surface area contributed by atoms with Crippen LogP contribution in [-0.2, 0) is 0 Å². The lowest BCUT2D eigenvalue weighted by Gasteiger charge is -2.10. The monoisotopic (exact) mass is 259 g/mol. The van der Waals surface area contributed by atoms with Gasteiger partial charge in [-0.05, 0) is 29.9 Å². The standard InChI is InChI=1S/C15H17NO3/c1-10(2)7-8-19-14-12-6-4-3-5-11(12)9-13(16-14)15(17)18/h3-6,9-10H,7-8H2,1-2H3,(H,17,18). The Hall–Kier alpha value is -2.10. The molecule has 0 aliphatic heterocycles. The van der Waals surface area contributed by atoms with Crippen LogP contribution in [0, 0.1) is 5.92 Å². The van der Waals surface area contributed by atoms with Gasteiger partial charge in [-0.15, -0.1) is 0 Å². The Balaban J connectivity index is 2.36. The molecule has 19 heavy (non-hydrogen) atoms. The van der Waals surface area contributed by atoms with E-state index in [1.54, 1.807) is 6.07 Å². The van der Waals surface area contributed by atoms with Crippen LogP contribution in [0.4, 0.5) is 0 Å². The highest BCUT2D eigenvalue weighted by Crippen LogP contribution is 2.24. The van der Waals surface area contributed by atoms with Crippen LogP contribution in [-0.4, -0.2) is 22.7 Å². The lowest BCUT2D eigenvalue weighted by molar-refractivity contribution is 0.0689. The highest BCUT2D eigenvalue weighted by molar-refractivity contribution is 5.94. The smallest absolute Gasteiger partial charge is 0.354 e. The first-order valence-corrected chi connectivity index (χ1v) is 6.34. The third-order valence-corrected chi connectivity index (χ3v) is 2.86. The minimum Gasteiger partial charge on any atom is -0.477 e. The predicted molar refractivity (Wildman–Crippen MR) is 73.7 cm³/mol. The van der Waals surface area contributed by atoms with Gasteiger partial charge in [-0.2, -0.15) is 0 Å². The molecule has 0 atom stereocenters. The van der Waals surface area contributed by atoms with Gasteiger partial charge >= 0.3 is 5.97 Å². The number of carboxylic acid groups (broad SMARTS) is 1. The topological polar surface area (TPSA) is 59.4 Å². The van der Waals surface area contributed by atoms with Crippen LogP contribution in [0.15, 0.2) is 30.3 Å². The van der Waals surface area contributed by atoms with Crippen molar-refractivity contribution < 1.29 is 14.6 Å². The SMILES string of the molecule is CC(C)CCOc1nc(C(=O)O)cc2ccccc12. The van der Waals surface area contributed by atoms with Crippen molar-refractivity contribution >= 4 is 16.7 Å². The van der Waals surface area contributed by atoms with Gasteiger partial charge in [0.05, 0.1) is 6.61 Å². The molecule has 0 bridgehead atoms. The molecule has 0 unspecified atom stereocenters. The highest BCUT2D eigenvalue weighted by atomic mass is 16.5. The third kappa shape index (κ3) is 3.22. The first kappa shape index (κ1) is 13.3. The average Bonchev–Trinajstić information content (AvgIpc) is 2.38. The number of rotatable bonds is 5. The summed E-state index contributed by atoms with van der Waals surface area (Å²) < 4.78 is 5.65. The number of benzene rings is 1. The molecule has 0 radical (unpaired) electrons. The van der Waals surface area contributed by atoms with E-state index in [1.807, 2.05) is 24.3 Å². The fourth-order valence-electron chi connectivity index (χ4n) is 1.78. The van der Waals surface area contributed by atoms with E-state index in [-0.39, 0.29) is 5.69 Å². The van der Waals surface area contributed by atoms with Crippen molar-refractivity contribution in [3.63, 3.8) is 0 Å². The van der Waals surface area contributed by atoms with E-state index in [4.69, 9.17) is 9.84 Å². The van der Waals surface area contributed by atoms with Gasteiger partial charge in [-0.1, -0.05) is 32.0 Å². The fraction of sp³-hybridized carbons (Fsp3) is 0.333. The molecule has 0 aliphatic rings. The second-order valence-electron chi connectivity index (χ2n) is 4.87. The number of hydrogen-bond acceptors (Lipinski definition) is 3. The van der Waals surface area contributed by atoms with E-state index in [9.17, 15) is 4.79 Å². The molecule has 1 heterocycles. The summed E-state index contributed by atoms with van der Waals surface area (Å²) >= 11 is 0. The molecule has 2 rings (SSSR count). The second kappa shape index (κ2) is 5.69. The number of ether oxygens (including phenoxy) is 1. The molecule has 0 fully saturated rings. The molecule has 0 saturated carbocycles. The van der Waals surface area contributed by atoms with Crippen molar-refractivity contribution in [2.45, 2.75) is 20.3 Å². The average molecular weight is 259 g/mol. The first-order chi connectivity index (χ1) is 9.08. The van der Waals surface area contributed by atoms with E-state index in [0.717, 1.165) is 17.2 Å². The summed E-state index contributed by atoms with van der Waals surface area (Å²) in [6.07, 6.45) is 0.910. The normalized spacial score (nSPS) is 10.9. The maximum absolute atomic E-state index is 11.1. The van der Waals surface area contributed by atoms with Crippen LogP contribution in [0.25, 0.3) is 10.8 Å². The molecule has 4 heteroatoms. The number of hydrogen-bond donors (Lipinski definition) is 1. The van der Waals surface area contributed by atoms with Crippen LogP contribution in [0.5, 0.6) is 5.88 Å². The Bertz CT molecular complexity index is 593. The van der Waals surface area contributed by atoms with Crippen molar-refractivity contribution in [3.05, 3.63) is 36.0 Å². The molecule has 1 N–H and O–H groups in total. The van der Waals surface area contributed by atoms with Crippen LogP contribution in [0.1, 0.15) is 30.8 Å². The van der Waals surface area contributed by atoms with Crippen molar-refractivity contribution in [2.24, 2.45) is 5.92 Å². The van der Waals surface area contributed by atoms with Crippen molar-refractivity contribution in [2.75, 3.05) is 6.61 Å². The van der Waals surface area contributed by atoms with Gasteiger partial charge in [0.1, 0.15) is 0 Å². The number of carbonyl (C=O) groups is 1. The number of carboxylic acids is 1. The molecule has 0 aliphatic carbocycles. The number of fused-ring (bicyclic) bond motifs is 1. The summed E-state index contributed by atoms with van der Waals surface area (Å²) in [5.41, 5.74) is 0.0123. The fourth-order valence-corrected chi connectivity index (χ4v) is 1.78. The largest absolute Gasteiger partial charge is 0.477 e. The maximum atomic E-state index is 11.1. The Morgan fingerprint density at radius 1 is 1.37 bits per heavy atom. The van der Waals surface area contributed by atoms with Gasteiger partial charge in [-0.3, -0.25) is 0 Å². The number of aromatic nitrogens is 1. The summed E-state index contributed by atoms with van der Waals surface area (Å²) in [6.45, 7) is 4.77. The van der Waals surface area contributed by atoms with Gasteiger partial charge in [0, 0.05) is 5.39 Å². The van der Waals surface area contributed by atoms with Gasteiger partial charge < -0.3 is 9.84 Å². The van der Waals surface area contributed by atoms with Crippen molar-refractivity contribution in [1.82, 2.24) is 4.98 Å². The van der Waals surface area contributed by atoms with E-state index >= 15 is 0 Å². The summed E-state index contributed by atoms with van der Waals surface area (Å²) in [7, 11) is 0. The Morgan fingerprint density at radius 3 is 2.79 bits per heavy atom. The Kier molecular flexibility index (Phi) is 4.00. The maximum Gasteiger partial charge on any atom is 0.354 e. The van der Waals surface area contributed by atoms with Gasteiger partial charge in [-0.25, -0.2) is 9.78 Å². The Labute approximate surface area is 112 Å².